The molecular weight excluding hydrogens is 302 g/mol. The van der Waals surface area contributed by atoms with Crippen molar-refractivity contribution in [3.05, 3.63) is 34.3 Å². The van der Waals surface area contributed by atoms with Crippen molar-refractivity contribution in [3.8, 4) is 0 Å². The molecule has 1 atom stereocenters. The number of nitrogens with one attached hydrogen (secondary N) is 1. The number of hydrogen-bond acceptors (Lipinski definition) is 5. The van der Waals surface area contributed by atoms with Crippen LogP contribution in [-0.4, -0.2) is 21.4 Å². The lowest BCUT2D eigenvalue weighted by Crippen LogP contribution is -2.22. The first-order valence-electron chi connectivity index (χ1n) is 5.56. The van der Waals surface area contributed by atoms with Crippen LogP contribution >= 0.6 is 34.7 Å². The van der Waals surface area contributed by atoms with E-state index in [9.17, 15) is 4.79 Å². The van der Waals surface area contributed by atoms with Gasteiger partial charge in [-0.05, 0) is 31.5 Å². The molecule has 0 fully saturated rings. The number of carbonyl (C=O) groups is 1. The van der Waals surface area contributed by atoms with Gasteiger partial charge in [-0.1, -0.05) is 40.8 Å². The number of rotatable bonds is 4. The fourth-order valence-corrected chi connectivity index (χ4v) is 3.20. The van der Waals surface area contributed by atoms with E-state index in [-0.39, 0.29) is 11.2 Å². The molecule has 0 saturated heterocycles. The lowest BCUT2D eigenvalue weighted by atomic mass is 10.2. The van der Waals surface area contributed by atoms with Crippen LogP contribution in [0.5, 0.6) is 0 Å². The summed E-state index contributed by atoms with van der Waals surface area (Å²) in [6.07, 6.45) is 0. The zero-order chi connectivity index (χ0) is 13.8. The SMILES string of the molecule is Cc1c(Cl)cccc1NC(=O)C(C)Sc1nncs1. The highest BCUT2D eigenvalue weighted by Crippen LogP contribution is 2.27. The first-order valence-corrected chi connectivity index (χ1v) is 7.70. The van der Waals surface area contributed by atoms with Crippen LogP contribution in [0.25, 0.3) is 0 Å². The molecule has 0 saturated carbocycles. The Balaban J connectivity index is 2.02. The van der Waals surface area contributed by atoms with E-state index in [0.717, 1.165) is 15.6 Å². The van der Waals surface area contributed by atoms with Gasteiger partial charge in [0.1, 0.15) is 5.51 Å². The van der Waals surface area contributed by atoms with Gasteiger partial charge in [-0.25, -0.2) is 0 Å². The monoisotopic (exact) mass is 313 g/mol. The molecule has 0 aliphatic rings. The molecule has 7 heteroatoms. The number of nitrogens with zero attached hydrogens (tertiary/aromatic N) is 2. The summed E-state index contributed by atoms with van der Waals surface area (Å²) in [7, 11) is 0. The van der Waals surface area contributed by atoms with E-state index in [1.54, 1.807) is 11.6 Å². The van der Waals surface area contributed by atoms with Crippen molar-refractivity contribution in [2.75, 3.05) is 5.32 Å². The second-order valence-electron chi connectivity index (χ2n) is 3.87. The van der Waals surface area contributed by atoms with E-state index in [2.05, 4.69) is 15.5 Å². The Labute approximate surface area is 124 Å². The number of benzene rings is 1. The molecule has 2 rings (SSSR count). The normalized spacial score (nSPS) is 12.2. The molecule has 1 unspecified atom stereocenters. The molecule has 0 aliphatic heterocycles. The van der Waals surface area contributed by atoms with Gasteiger partial charge in [-0.3, -0.25) is 4.79 Å². The maximum Gasteiger partial charge on any atom is 0.237 e. The zero-order valence-electron chi connectivity index (χ0n) is 10.4. The Kier molecular flexibility index (Phi) is 4.79. The molecule has 1 N–H and O–H groups in total. The molecule has 2 aromatic rings. The molecule has 1 aromatic carbocycles. The Morgan fingerprint density at radius 3 is 3.00 bits per heavy atom. The van der Waals surface area contributed by atoms with Crippen molar-refractivity contribution in [1.82, 2.24) is 10.2 Å². The molecule has 0 aliphatic carbocycles. The van der Waals surface area contributed by atoms with Gasteiger partial charge in [-0.2, -0.15) is 0 Å². The predicted molar refractivity (Wildman–Crippen MR) is 80.0 cm³/mol. The molecule has 100 valence electrons. The van der Waals surface area contributed by atoms with E-state index in [1.807, 2.05) is 26.0 Å². The van der Waals surface area contributed by atoms with Crippen LogP contribution in [0.4, 0.5) is 5.69 Å². The van der Waals surface area contributed by atoms with Gasteiger partial charge in [0.2, 0.25) is 5.91 Å². The zero-order valence-corrected chi connectivity index (χ0v) is 12.8. The van der Waals surface area contributed by atoms with Gasteiger partial charge in [0.25, 0.3) is 0 Å². The summed E-state index contributed by atoms with van der Waals surface area (Å²) >= 11 is 8.83. The van der Waals surface area contributed by atoms with Crippen molar-refractivity contribution in [2.24, 2.45) is 0 Å². The largest absolute Gasteiger partial charge is 0.325 e. The third-order valence-corrected chi connectivity index (χ3v) is 4.83. The maximum atomic E-state index is 12.1. The minimum absolute atomic E-state index is 0.0782. The molecule has 0 spiro atoms. The number of halogens is 1. The number of hydrogen-bond donors (Lipinski definition) is 1. The summed E-state index contributed by atoms with van der Waals surface area (Å²) in [6, 6.07) is 5.45. The second-order valence-corrected chi connectivity index (χ2v) is 6.69. The highest BCUT2D eigenvalue weighted by molar-refractivity contribution is 8.02. The molecule has 0 radical (unpaired) electrons. The van der Waals surface area contributed by atoms with Gasteiger partial charge < -0.3 is 5.32 Å². The van der Waals surface area contributed by atoms with E-state index < -0.39 is 0 Å². The summed E-state index contributed by atoms with van der Waals surface area (Å²) < 4.78 is 0.783. The van der Waals surface area contributed by atoms with Gasteiger partial charge in [0, 0.05) is 10.7 Å². The Morgan fingerprint density at radius 2 is 2.32 bits per heavy atom. The third-order valence-electron chi connectivity index (χ3n) is 2.51. The number of anilines is 1. The molecule has 1 aromatic heterocycles. The highest BCUT2D eigenvalue weighted by Gasteiger charge is 2.17. The van der Waals surface area contributed by atoms with E-state index in [1.165, 1.54) is 23.1 Å². The molecule has 0 bridgehead atoms. The topological polar surface area (TPSA) is 54.9 Å². The smallest absolute Gasteiger partial charge is 0.237 e. The van der Waals surface area contributed by atoms with E-state index in [4.69, 9.17) is 11.6 Å². The van der Waals surface area contributed by atoms with Gasteiger partial charge in [0.05, 0.1) is 5.25 Å². The van der Waals surface area contributed by atoms with Crippen LogP contribution < -0.4 is 5.32 Å². The van der Waals surface area contributed by atoms with Crippen LogP contribution in [0.1, 0.15) is 12.5 Å². The lowest BCUT2D eigenvalue weighted by molar-refractivity contribution is -0.115. The minimum Gasteiger partial charge on any atom is -0.325 e. The van der Waals surface area contributed by atoms with E-state index >= 15 is 0 Å². The number of amides is 1. The number of carbonyl (C=O) groups excluding carboxylic acids is 1. The predicted octanol–water partition coefficient (Wildman–Crippen LogP) is 3.62. The number of thioether (sulfide) groups is 1. The summed E-state index contributed by atoms with van der Waals surface area (Å²) in [5, 5.41) is 10.9. The van der Waals surface area contributed by atoms with Gasteiger partial charge in [0.15, 0.2) is 4.34 Å². The number of aromatic nitrogens is 2. The quantitative estimate of drug-likeness (QED) is 0.876. The summed E-state index contributed by atoms with van der Waals surface area (Å²) in [5.74, 6) is -0.0782. The molecule has 4 nitrogen and oxygen atoms in total. The average Bonchev–Trinajstić information content (AvgIpc) is 2.87. The molecule has 1 heterocycles. The fourth-order valence-electron chi connectivity index (χ4n) is 1.40. The van der Waals surface area contributed by atoms with Crippen LogP contribution in [-0.2, 0) is 4.79 Å². The summed E-state index contributed by atoms with van der Waals surface area (Å²) in [4.78, 5) is 12.1. The Hall–Kier alpha value is -1.11. The standard InChI is InChI=1S/C12H12ClN3OS2/c1-7-9(13)4-3-5-10(7)15-11(17)8(2)19-12-16-14-6-18-12/h3-6,8H,1-2H3,(H,15,17). The van der Waals surface area contributed by atoms with Crippen LogP contribution in [0.2, 0.25) is 5.02 Å². The van der Waals surface area contributed by atoms with Crippen molar-refractivity contribution in [1.29, 1.82) is 0 Å². The van der Waals surface area contributed by atoms with Crippen molar-refractivity contribution < 1.29 is 4.79 Å². The van der Waals surface area contributed by atoms with Crippen LogP contribution in [0.3, 0.4) is 0 Å². The highest BCUT2D eigenvalue weighted by atomic mass is 35.5. The Bertz CT molecular complexity index is 574. The van der Waals surface area contributed by atoms with Gasteiger partial charge >= 0.3 is 0 Å². The van der Waals surface area contributed by atoms with Gasteiger partial charge in [-0.15, -0.1) is 10.2 Å². The van der Waals surface area contributed by atoms with E-state index in [0.29, 0.717) is 5.02 Å². The van der Waals surface area contributed by atoms with Crippen LogP contribution in [0.15, 0.2) is 28.0 Å². The van der Waals surface area contributed by atoms with Crippen molar-refractivity contribution >= 4 is 46.3 Å². The summed E-state index contributed by atoms with van der Waals surface area (Å²) in [6.45, 7) is 3.71. The third kappa shape index (κ3) is 3.68. The average molecular weight is 314 g/mol. The minimum atomic E-state index is -0.244. The van der Waals surface area contributed by atoms with Crippen LogP contribution in [0, 0.1) is 6.92 Å². The first kappa shape index (κ1) is 14.3. The fraction of sp³-hybridized carbons (Fsp3) is 0.250. The molecular formula is C12H12ClN3OS2. The Morgan fingerprint density at radius 1 is 1.53 bits per heavy atom. The maximum absolute atomic E-state index is 12.1. The molecule has 1 amide bonds. The summed E-state index contributed by atoms with van der Waals surface area (Å²) in [5.41, 5.74) is 3.25. The first-order chi connectivity index (χ1) is 9.08. The second kappa shape index (κ2) is 6.36. The van der Waals surface area contributed by atoms with Crippen molar-refractivity contribution in [2.45, 2.75) is 23.4 Å². The van der Waals surface area contributed by atoms with Crippen molar-refractivity contribution in [3.63, 3.8) is 0 Å². The molecule has 19 heavy (non-hydrogen) atoms. The lowest BCUT2D eigenvalue weighted by Gasteiger charge is -2.12.